The third kappa shape index (κ3) is 5.23. The van der Waals surface area contributed by atoms with Crippen molar-refractivity contribution in [3.63, 3.8) is 0 Å². The molecule has 27 heavy (non-hydrogen) atoms. The first-order valence-electron chi connectivity index (χ1n) is 8.29. The van der Waals surface area contributed by atoms with E-state index in [0.717, 1.165) is 35.9 Å². The highest BCUT2D eigenvalue weighted by molar-refractivity contribution is 6.10. The van der Waals surface area contributed by atoms with Gasteiger partial charge in [0.15, 0.2) is 17.4 Å². The van der Waals surface area contributed by atoms with Gasteiger partial charge in [0.1, 0.15) is 5.75 Å². The van der Waals surface area contributed by atoms with Crippen molar-refractivity contribution in [2.45, 2.75) is 26.2 Å². The first-order chi connectivity index (χ1) is 12.6. The van der Waals surface area contributed by atoms with Crippen molar-refractivity contribution in [1.82, 2.24) is 0 Å². The van der Waals surface area contributed by atoms with Gasteiger partial charge in [-0.15, -0.1) is 0 Å². The van der Waals surface area contributed by atoms with Crippen LogP contribution < -0.4 is 10.1 Å². The molecular weight excluding hydrogens is 352 g/mol. The standard InChI is InChI=1S/C21H21F2NO3/c1-21(2,3)14-6-9-19(27-4)17(12-14)24-20(26)10-8-18(25)13-5-7-15(22)16(23)11-13/h5-12H,1-4H3,(H,24,26)/b10-8+. The SMILES string of the molecule is COc1ccc(C(C)(C)C)cc1NC(=O)/C=C/C(=O)c1ccc(F)c(F)c1. The second kappa shape index (κ2) is 8.12. The average Bonchev–Trinajstić information content (AvgIpc) is 2.61. The molecule has 1 amide bonds. The van der Waals surface area contributed by atoms with Gasteiger partial charge < -0.3 is 10.1 Å². The van der Waals surface area contributed by atoms with Crippen LogP contribution in [0, 0.1) is 11.6 Å². The predicted octanol–water partition coefficient (Wildman–Crippen LogP) is 4.65. The molecule has 0 radical (unpaired) electrons. The normalized spacial score (nSPS) is 11.5. The maximum Gasteiger partial charge on any atom is 0.248 e. The number of methoxy groups -OCH3 is 1. The number of anilines is 1. The molecule has 6 heteroatoms. The zero-order chi connectivity index (χ0) is 20.2. The number of nitrogens with one attached hydrogen (secondary N) is 1. The minimum Gasteiger partial charge on any atom is -0.495 e. The Kier molecular flexibility index (Phi) is 6.10. The number of ether oxygens (including phenoxy) is 1. The molecule has 0 fully saturated rings. The van der Waals surface area contributed by atoms with E-state index in [9.17, 15) is 18.4 Å². The van der Waals surface area contributed by atoms with Gasteiger partial charge in [0.05, 0.1) is 12.8 Å². The van der Waals surface area contributed by atoms with Crippen molar-refractivity contribution < 1.29 is 23.1 Å². The number of carbonyl (C=O) groups is 2. The summed E-state index contributed by atoms with van der Waals surface area (Å²) >= 11 is 0. The molecule has 2 aromatic carbocycles. The maximum atomic E-state index is 13.2. The van der Waals surface area contributed by atoms with Crippen LogP contribution in [0.5, 0.6) is 5.75 Å². The van der Waals surface area contributed by atoms with Gasteiger partial charge in [0, 0.05) is 11.6 Å². The number of benzene rings is 2. The first-order valence-corrected chi connectivity index (χ1v) is 8.29. The summed E-state index contributed by atoms with van der Waals surface area (Å²) in [6.07, 6.45) is 2.04. The van der Waals surface area contributed by atoms with E-state index < -0.39 is 23.3 Å². The van der Waals surface area contributed by atoms with Crippen LogP contribution >= 0.6 is 0 Å². The number of rotatable bonds is 5. The maximum absolute atomic E-state index is 13.2. The number of hydrogen-bond donors (Lipinski definition) is 1. The van der Waals surface area contributed by atoms with Crippen LogP contribution in [0.4, 0.5) is 14.5 Å². The van der Waals surface area contributed by atoms with Crippen LogP contribution in [0.1, 0.15) is 36.7 Å². The molecule has 0 aliphatic rings. The van der Waals surface area contributed by atoms with Gasteiger partial charge in [0.2, 0.25) is 5.91 Å². The molecule has 0 spiro atoms. The molecule has 2 rings (SSSR count). The average molecular weight is 373 g/mol. The highest BCUT2D eigenvalue weighted by Gasteiger charge is 2.16. The number of amides is 1. The quantitative estimate of drug-likeness (QED) is 0.613. The molecule has 0 saturated carbocycles. The lowest BCUT2D eigenvalue weighted by molar-refractivity contribution is -0.111. The van der Waals surface area contributed by atoms with E-state index in [2.05, 4.69) is 5.32 Å². The number of ketones is 1. The Balaban J connectivity index is 2.16. The monoisotopic (exact) mass is 373 g/mol. The highest BCUT2D eigenvalue weighted by atomic mass is 19.2. The molecule has 0 heterocycles. The minimum absolute atomic E-state index is 0.0507. The Bertz CT molecular complexity index is 899. The van der Waals surface area contributed by atoms with E-state index in [0.29, 0.717) is 11.4 Å². The Hall–Kier alpha value is -3.02. The van der Waals surface area contributed by atoms with Crippen LogP contribution in [0.2, 0.25) is 0 Å². The van der Waals surface area contributed by atoms with E-state index in [4.69, 9.17) is 4.74 Å². The Morgan fingerprint density at radius 3 is 2.30 bits per heavy atom. The van der Waals surface area contributed by atoms with Gasteiger partial charge in [-0.2, -0.15) is 0 Å². The number of carbonyl (C=O) groups excluding carboxylic acids is 2. The summed E-state index contributed by atoms with van der Waals surface area (Å²) in [6, 6.07) is 8.28. The van der Waals surface area contributed by atoms with Gasteiger partial charge in [0.25, 0.3) is 0 Å². The molecule has 142 valence electrons. The van der Waals surface area contributed by atoms with Crippen LogP contribution in [0.25, 0.3) is 0 Å². The van der Waals surface area contributed by atoms with E-state index >= 15 is 0 Å². The van der Waals surface area contributed by atoms with Crippen molar-refractivity contribution >= 4 is 17.4 Å². The summed E-state index contributed by atoms with van der Waals surface area (Å²) in [5.41, 5.74) is 1.30. The second-order valence-corrected chi connectivity index (χ2v) is 6.98. The number of hydrogen-bond acceptors (Lipinski definition) is 3. The summed E-state index contributed by atoms with van der Waals surface area (Å²) in [5, 5.41) is 2.66. The molecule has 0 atom stereocenters. The number of allylic oxidation sites excluding steroid dienone is 1. The van der Waals surface area contributed by atoms with Crippen LogP contribution in [-0.2, 0) is 10.2 Å². The van der Waals surface area contributed by atoms with Crippen LogP contribution in [0.3, 0.4) is 0 Å². The molecule has 0 unspecified atom stereocenters. The van der Waals surface area contributed by atoms with E-state index in [1.807, 2.05) is 32.9 Å². The summed E-state index contributed by atoms with van der Waals surface area (Å²) in [4.78, 5) is 24.2. The zero-order valence-corrected chi connectivity index (χ0v) is 15.6. The molecule has 2 aromatic rings. The van der Waals surface area contributed by atoms with Crippen molar-refractivity contribution in [3.05, 3.63) is 71.3 Å². The van der Waals surface area contributed by atoms with Gasteiger partial charge in [-0.05, 0) is 47.4 Å². The van der Waals surface area contributed by atoms with Crippen LogP contribution in [-0.4, -0.2) is 18.8 Å². The lowest BCUT2D eigenvalue weighted by atomic mass is 9.87. The predicted molar refractivity (Wildman–Crippen MR) is 100 cm³/mol. The van der Waals surface area contributed by atoms with Gasteiger partial charge in [-0.1, -0.05) is 26.8 Å². The van der Waals surface area contributed by atoms with Gasteiger partial charge >= 0.3 is 0 Å². The minimum atomic E-state index is -1.12. The molecular formula is C21H21F2NO3. The smallest absolute Gasteiger partial charge is 0.248 e. The fraction of sp³-hybridized carbons (Fsp3) is 0.238. The lowest BCUT2D eigenvalue weighted by Crippen LogP contribution is -2.14. The zero-order valence-electron chi connectivity index (χ0n) is 15.6. The third-order valence-electron chi connectivity index (χ3n) is 3.91. The number of halogens is 2. The van der Waals surface area contributed by atoms with Crippen molar-refractivity contribution in [1.29, 1.82) is 0 Å². The Morgan fingerprint density at radius 2 is 1.70 bits per heavy atom. The molecule has 0 aromatic heterocycles. The molecule has 0 bridgehead atoms. The summed E-state index contributed by atoms with van der Waals surface area (Å²) < 4.78 is 31.4. The summed E-state index contributed by atoms with van der Waals surface area (Å²) in [5.74, 6) is -2.84. The van der Waals surface area contributed by atoms with Crippen molar-refractivity contribution in [3.8, 4) is 5.75 Å². The third-order valence-corrected chi connectivity index (χ3v) is 3.91. The van der Waals surface area contributed by atoms with Gasteiger partial charge in [-0.25, -0.2) is 8.78 Å². The van der Waals surface area contributed by atoms with E-state index in [-0.39, 0.29) is 11.0 Å². The molecule has 0 aliphatic carbocycles. The Morgan fingerprint density at radius 1 is 1.00 bits per heavy atom. The fourth-order valence-corrected chi connectivity index (χ4v) is 2.34. The van der Waals surface area contributed by atoms with Gasteiger partial charge in [-0.3, -0.25) is 9.59 Å². The molecule has 4 nitrogen and oxygen atoms in total. The van der Waals surface area contributed by atoms with E-state index in [1.54, 1.807) is 6.07 Å². The fourth-order valence-electron chi connectivity index (χ4n) is 2.34. The largest absolute Gasteiger partial charge is 0.495 e. The first kappa shape index (κ1) is 20.3. The molecule has 1 N–H and O–H groups in total. The summed E-state index contributed by atoms with van der Waals surface area (Å²) in [7, 11) is 1.49. The van der Waals surface area contributed by atoms with Crippen molar-refractivity contribution in [2.24, 2.45) is 0 Å². The molecule has 0 aliphatic heterocycles. The molecule has 0 saturated heterocycles. The lowest BCUT2D eigenvalue weighted by Gasteiger charge is -2.21. The topological polar surface area (TPSA) is 55.4 Å². The highest BCUT2D eigenvalue weighted by Crippen LogP contribution is 2.31. The Labute approximate surface area is 156 Å². The summed E-state index contributed by atoms with van der Waals surface area (Å²) in [6.45, 7) is 6.13. The van der Waals surface area contributed by atoms with E-state index in [1.165, 1.54) is 7.11 Å². The second-order valence-electron chi connectivity index (χ2n) is 6.98. The van der Waals surface area contributed by atoms with Crippen molar-refractivity contribution in [2.75, 3.05) is 12.4 Å². The van der Waals surface area contributed by atoms with Crippen LogP contribution in [0.15, 0.2) is 48.6 Å².